The van der Waals surface area contributed by atoms with Crippen molar-refractivity contribution in [3.63, 3.8) is 0 Å². The lowest BCUT2D eigenvalue weighted by atomic mass is 9.98. The third-order valence-corrected chi connectivity index (χ3v) is 3.43. The summed E-state index contributed by atoms with van der Waals surface area (Å²) in [5.74, 6) is -0.000234. The maximum absolute atomic E-state index is 11.5. The molecule has 2 aliphatic heterocycles. The molecule has 0 radical (unpaired) electrons. The van der Waals surface area contributed by atoms with E-state index in [9.17, 15) is 9.59 Å². The van der Waals surface area contributed by atoms with Gasteiger partial charge >= 0.3 is 0 Å². The molecule has 2 saturated heterocycles. The maximum atomic E-state index is 11.5. The van der Waals surface area contributed by atoms with Crippen LogP contribution in [0.25, 0.3) is 0 Å². The standard InChI is InChI=1S/C11H18N2O2/c1-8(9-4-2-3-7-12-9)13-10(14)5-6-11(13)15/h8-9,12H,2-7H2,1H3. The average molecular weight is 210 g/mol. The van der Waals surface area contributed by atoms with E-state index in [1.807, 2.05) is 6.92 Å². The molecule has 0 aromatic heterocycles. The number of piperidine rings is 1. The lowest BCUT2D eigenvalue weighted by Crippen LogP contribution is -2.52. The van der Waals surface area contributed by atoms with E-state index >= 15 is 0 Å². The highest BCUT2D eigenvalue weighted by Crippen LogP contribution is 2.21. The third kappa shape index (κ3) is 2.04. The molecule has 1 N–H and O–H groups in total. The van der Waals surface area contributed by atoms with Gasteiger partial charge in [-0.25, -0.2) is 0 Å². The Kier molecular flexibility index (Phi) is 3.05. The number of nitrogens with one attached hydrogen (secondary N) is 1. The predicted molar refractivity (Wildman–Crippen MR) is 56.2 cm³/mol. The van der Waals surface area contributed by atoms with Crippen LogP contribution in [0.2, 0.25) is 0 Å². The van der Waals surface area contributed by atoms with Gasteiger partial charge < -0.3 is 5.32 Å². The molecule has 0 bridgehead atoms. The predicted octanol–water partition coefficient (Wildman–Crippen LogP) is 0.666. The molecule has 0 aromatic carbocycles. The first-order valence-electron chi connectivity index (χ1n) is 5.78. The fourth-order valence-corrected chi connectivity index (χ4v) is 2.52. The van der Waals surface area contributed by atoms with Crippen molar-refractivity contribution < 1.29 is 9.59 Å². The molecule has 2 unspecified atom stereocenters. The summed E-state index contributed by atoms with van der Waals surface area (Å²) in [5.41, 5.74) is 0. The molecule has 84 valence electrons. The van der Waals surface area contributed by atoms with E-state index in [4.69, 9.17) is 0 Å². The number of carbonyl (C=O) groups excluding carboxylic acids is 2. The number of rotatable bonds is 2. The van der Waals surface area contributed by atoms with Crippen molar-refractivity contribution in [1.82, 2.24) is 10.2 Å². The zero-order valence-corrected chi connectivity index (χ0v) is 9.16. The molecule has 0 aromatic rings. The second kappa shape index (κ2) is 4.31. The fourth-order valence-electron chi connectivity index (χ4n) is 2.52. The SMILES string of the molecule is CC(C1CCCCN1)N1C(=O)CCC1=O. The van der Waals surface area contributed by atoms with Gasteiger partial charge in [0, 0.05) is 18.9 Å². The van der Waals surface area contributed by atoms with Crippen LogP contribution in [0.15, 0.2) is 0 Å². The van der Waals surface area contributed by atoms with Crippen LogP contribution in [0.5, 0.6) is 0 Å². The molecule has 4 heteroatoms. The van der Waals surface area contributed by atoms with E-state index < -0.39 is 0 Å². The molecule has 2 fully saturated rings. The van der Waals surface area contributed by atoms with Crippen molar-refractivity contribution in [2.75, 3.05) is 6.54 Å². The van der Waals surface area contributed by atoms with Crippen molar-refractivity contribution >= 4 is 11.8 Å². The van der Waals surface area contributed by atoms with E-state index in [0.717, 1.165) is 13.0 Å². The van der Waals surface area contributed by atoms with Crippen LogP contribution < -0.4 is 5.32 Å². The topological polar surface area (TPSA) is 49.4 Å². The average Bonchev–Trinajstić information content (AvgIpc) is 2.59. The number of nitrogens with zero attached hydrogens (tertiary/aromatic N) is 1. The van der Waals surface area contributed by atoms with Gasteiger partial charge in [0.25, 0.3) is 0 Å². The van der Waals surface area contributed by atoms with E-state index in [1.54, 1.807) is 0 Å². The number of imide groups is 1. The monoisotopic (exact) mass is 210 g/mol. The molecule has 15 heavy (non-hydrogen) atoms. The molecular weight excluding hydrogens is 192 g/mol. The van der Waals surface area contributed by atoms with Crippen LogP contribution in [-0.4, -0.2) is 35.3 Å². The molecular formula is C11H18N2O2. The van der Waals surface area contributed by atoms with E-state index in [1.165, 1.54) is 17.7 Å². The zero-order valence-electron chi connectivity index (χ0n) is 9.16. The van der Waals surface area contributed by atoms with Crippen LogP contribution in [0.1, 0.15) is 39.0 Å². The summed E-state index contributed by atoms with van der Waals surface area (Å²) in [4.78, 5) is 24.6. The van der Waals surface area contributed by atoms with Crippen LogP contribution in [0, 0.1) is 0 Å². The summed E-state index contributed by atoms with van der Waals surface area (Å²) in [6.45, 7) is 2.98. The van der Waals surface area contributed by atoms with Gasteiger partial charge in [0.1, 0.15) is 0 Å². The summed E-state index contributed by atoms with van der Waals surface area (Å²) >= 11 is 0. The summed E-state index contributed by atoms with van der Waals surface area (Å²) < 4.78 is 0. The molecule has 2 heterocycles. The van der Waals surface area contributed by atoms with Gasteiger partial charge in [0.15, 0.2) is 0 Å². The van der Waals surface area contributed by atoms with Gasteiger partial charge in [-0.1, -0.05) is 6.42 Å². The zero-order chi connectivity index (χ0) is 10.8. The van der Waals surface area contributed by atoms with Crippen molar-refractivity contribution in [3.8, 4) is 0 Å². The molecule has 0 saturated carbocycles. The largest absolute Gasteiger partial charge is 0.312 e. The van der Waals surface area contributed by atoms with E-state index in [2.05, 4.69) is 5.32 Å². The summed E-state index contributed by atoms with van der Waals surface area (Å²) in [7, 11) is 0. The first-order valence-corrected chi connectivity index (χ1v) is 5.78. The molecule has 0 aliphatic carbocycles. The Labute approximate surface area is 90.0 Å². The van der Waals surface area contributed by atoms with Gasteiger partial charge in [-0.2, -0.15) is 0 Å². The Morgan fingerprint density at radius 2 is 1.93 bits per heavy atom. The number of carbonyl (C=O) groups is 2. The van der Waals surface area contributed by atoms with Crippen molar-refractivity contribution in [3.05, 3.63) is 0 Å². The minimum Gasteiger partial charge on any atom is -0.312 e. The number of hydrogen-bond acceptors (Lipinski definition) is 3. The number of likely N-dealkylation sites (tertiary alicyclic amines) is 1. The quantitative estimate of drug-likeness (QED) is 0.681. The minimum absolute atomic E-state index is 0.000117. The van der Waals surface area contributed by atoms with Gasteiger partial charge in [0.05, 0.1) is 6.04 Å². The lowest BCUT2D eigenvalue weighted by Gasteiger charge is -2.33. The summed E-state index contributed by atoms with van der Waals surface area (Å²) in [6.07, 6.45) is 4.26. The molecule has 0 spiro atoms. The highest BCUT2D eigenvalue weighted by Gasteiger charge is 2.36. The van der Waals surface area contributed by atoms with Crippen molar-refractivity contribution in [1.29, 1.82) is 0 Å². The second-order valence-electron chi connectivity index (χ2n) is 4.45. The Morgan fingerprint density at radius 3 is 2.47 bits per heavy atom. The Morgan fingerprint density at radius 1 is 1.27 bits per heavy atom. The van der Waals surface area contributed by atoms with Gasteiger partial charge in [-0.05, 0) is 26.3 Å². The highest BCUT2D eigenvalue weighted by atomic mass is 16.2. The van der Waals surface area contributed by atoms with Crippen LogP contribution in [-0.2, 0) is 9.59 Å². The van der Waals surface area contributed by atoms with Crippen LogP contribution in [0.3, 0.4) is 0 Å². The Bertz CT molecular complexity index is 256. The Hall–Kier alpha value is -0.900. The van der Waals surface area contributed by atoms with Crippen molar-refractivity contribution in [2.24, 2.45) is 0 Å². The molecule has 2 amide bonds. The van der Waals surface area contributed by atoms with Crippen LogP contribution >= 0.6 is 0 Å². The maximum Gasteiger partial charge on any atom is 0.229 e. The third-order valence-electron chi connectivity index (χ3n) is 3.43. The molecule has 4 nitrogen and oxygen atoms in total. The molecule has 2 rings (SSSR count). The number of hydrogen-bond donors (Lipinski definition) is 1. The van der Waals surface area contributed by atoms with Crippen molar-refractivity contribution in [2.45, 2.75) is 51.1 Å². The normalized spacial score (nSPS) is 29.7. The lowest BCUT2D eigenvalue weighted by molar-refractivity contribution is -0.141. The number of amides is 2. The second-order valence-corrected chi connectivity index (χ2v) is 4.45. The van der Waals surface area contributed by atoms with E-state index in [0.29, 0.717) is 18.9 Å². The first kappa shape index (κ1) is 10.6. The fraction of sp³-hybridized carbons (Fsp3) is 0.818. The molecule has 2 atom stereocenters. The Balaban J connectivity index is 2.02. The minimum atomic E-state index is -0.000117. The molecule has 2 aliphatic rings. The van der Waals surface area contributed by atoms with Gasteiger partial charge in [-0.3, -0.25) is 14.5 Å². The first-order chi connectivity index (χ1) is 7.20. The van der Waals surface area contributed by atoms with Crippen LogP contribution in [0.4, 0.5) is 0 Å². The summed E-state index contributed by atoms with van der Waals surface area (Å²) in [5, 5.41) is 3.39. The van der Waals surface area contributed by atoms with Gasteiger partial charge in [0.2, 0.25) is 11.8 Å². The van der Waals surface area contributed by atoms with Gasteiger partial charge in [-0.15, -0.1) is 0 Å². The highest BCUT2D eigenvalue weighted by molar-refractivity contribution is 6.02. The van der Waals surface area contributed by atoms with E-state index in [-0.39, 0.29) is 17.9 Å². The smallest absolute Gasteiger partial charge is 0.229 e. The summed E-state index contributed by atoms with van der Waals surface area (Å²) in [6, 6.07) is 0.317.